The van der Waals surface area contributed by atoms with Crippen LogP contribution in [0.5, 0.6) is 5.75 Å². The Morgan fingerprint density at radius 2 is 1.53 bits per heavy atom. The molecule has 26 nitrogen and oxygen atoms in total. The van der Waals surface area contributed by atoms with E-state index in [1.54, 1.807) is 95.0 Å². The Labute approximate surface area is 558 Å². The number of esters is 1. The van der Waals surface area contributed by atoms with Crippen molar-refractivity contribution in [3.8, 4) is 5.75 Å². The second-order valence-electron chi connectivity index (χ2n) is 25.0. The Morgan fingerprint density at radius 3 is 2.14 bits per heavy atom. The largest absolute Gasteiger partial charge is 0.484 e. The molecule has 1 unspecified atom stereocenters. The number of imidazole rings is 1. The van der Waals surface area contributed by atoms with Crippen LogP contribution >= 0.6 is 11.8 Å². The molecule has 2 heterocycles. The molecule has 524 valence electrons. The van der Waals surface area contributed by atoms with Crippen LogP contribution in [0.15, 0.2) is 54.7 Å². The number of methoxy groups -OCH3 is 3. The molecule has 1 aromatic heterocycles. The highest BCUT2D eigenvalue weighted by Gasteiger charge is 2.44. The highest BCUT2D eigenvalue weighted by molar-refractivity contribution is 7.99. The minimum Gasteiger partial charge on any atom is -0.484 e. The fourth-order valence-corrected chi connectivity index (χ4v) is 12.6. The number of aliphatic hydroxyl groups excluding tert-OH is 1. The van der Waals surface area contributed by atoms with E-state index in [0.29, 0.717) is 62.0 Å². The minimum atomic E-state index is -1.11. The van der Waals surface area contributed by atoms with E-state index in [9.17, 15) is 53.6 Å². The van der Waals surface area contributed by atoms with Gasteiger partial charge in [0.1, 0.15) is 43.0 Å². The number of thioether (sulfide) groups is 1. The average molecular weight is 1340 g/mol. The van der Waals surface area contributed by atoms with Crippen LogP contribution in [0.4, 0.5) is 16.4 Å². The molecule has 1 aliphatic rings. The summed E-state index contributed by atoms with van der Waals surface area (Å²) >= 11 is 1.34. The Balaban J connectivity index is 1.42. The van der Waals surface area contributed by atoms with Gasteiger partial charge in [-0.2, -0.15) is 11.8 Å². The number of likely N-dealkylation sites (tertiary alicyclic amines) is 1. The number of hydrogen-bond donors (Lipinski definition) is 5. The predicted molar refractivity (Wildman–Crippen MR) is 357 cm³/mol. The SMILES string of the molecule is CC[C@H](C)[C@@H]([C@@H](CC(=O)N1CCC[C@H]1[C@H](OC)[C@@H](C)C(=O)N[C@H](C)[C@@H](O)c1ccccc1)OC)N(C)C(=O)[C@@H](NC(=O)[C@H](C(C)C)N(C)C(=O)OCc1ccc(OCc2cnc([N+](=O)[O-])n2C)c(NC(=O)CNCCCCCCCC(=O)C(CC(=O)OC)SC)c1)C(C)C. The highest BCUT2D eigenvalue weighted by Crippen LogP contribution is 2.32. The van der Waals surface area contributed by atoms with E-state index in [2.05, 4.69) is 26.3 Å². The Kier molecular flexibility index (Phi) is 33.4. The normalized spacial score (nSPS) is 16.3. The van der Waals surface area contributed by atoms with E-state index in [1.165, 1.54) is 62.9 Å². The van der Waals surface area contributed by atoms with Crippen molar-refractivity contribution in [3.05, 3.63) is 81.7 Å². The Bertz CT molecular complexity index is 2950. The molecular weight excluding hydrogens is 1230 g/mol. The molecule has 4 rings (SSSR count). The standard InChI is InChI=1S/C67H104N10O16S/c1-16-43(6)60(53(89-12)35-56(80)76-33-25-28-50(76)62(91-14)44(7)63(83)70-45(8)61(82)47-26-21-20-22-27-47)74(10)65(85)58(41(2)3)72-64(84)59(42(4)5)75(11)67(86)93-39-46-30-31-52(92-40-48-37-69-66(73(48)9)77(87)88)49(34-46)71-55(79)38-68-32-24-19-17-18-23-29-51(78)54(94-15)36-57(81)90-13/h20-22,26-27,30-31,34,37,41-45,50,53-54,58-62,68,82H,16-19,23-25,28-29,32-33,35-36,38-40H2,1-15H3,(H,70,83)(H,71,79)(H,72,84)/t43-,44+,45+,50-,53+,54?,58-,59-,60-,61+,62+/m0/s1. The quantitative estimate of drug-likeness (QED) is 0.0159. The molecule has 5 N–H and O–H groups in total. The van der Waals surface area contributed by atoms with Gasteiger partial charge in [0, 0.05) is 41.3 Å². The van der Waals surface area contributed by atoms with Gasteiger partial charge in [-0.25, -0.2) is 9.36 Å². The molecule has 1 fully saturated rings. The number of likely N-dealkylation sites (N-methyl/N-ethyl adjacent to an activating group) is 2. The lowest BCUT2D eigenvalue weighted by molar-refractivity contribution is -0.396. The maximum Gasteiger partial charge on any atom is 0.434 e. The lowest BCUT2D eigenvalue weighted by atomic mass is 9.89. The summed E-state index contributed by atoms with van der Waals surface area (Å²) in [4.78, 5) is 128. The van der Waals surface area contributed by atoms with Crippen LogP contribution in [0.2, 0.25) is 0 Å². The van der Waals surface area contributed by atoms with Crippen molar-refractivity contribution in [3.63, 3.8) is 0 Å². The van der Waals surface area contributed by atoms with Gasteiger partial charge in [0.25, 0.3) is 0 Å². The monoisotopic (exact) mass is 1340 g/mol. The summed E-state index contributed by atoms with van der Waals surface area (Å²) in [6.45, 7) is 15.0. The molecular formula is C67H104N10O16S. The number of Topliss-reactive ketones (excluding diaryl/α,β-unsaturated/α-hetero) is 1. The number of rotatable bonds is 41. The molecule has 3 aromatic rings. The van der Waals surface area contributed by atoms with Gasteiger partial charge in [0.15, 0.2) is 5.69 Å². The van der Waals surface area contributed by atoms with Crippen LogP contribution in [0.3, 0.4) is 0 Å². The molecule has 11 atom stereocenters. The fourth-order valence-electron chi connectivity index (χ4n) is 11.9. The van der Waals surface area contributed by atoms with Crippen LogP contribution in [-0.2, 0) is 72.8 Å². The van der Waals surface area contributed by atoms with Crippen molar-refractivity contribution < 1.29 is 72.1 Å². The molecule has 1 saturated heterocycles. The number of hydrogen-bond acceptors (Lipinski definition) is 19. The van der Waals surface area contributed by atoms with Crippen LogP contribution in [0.25, 0.3) is 0 Å². The van der Waals surface area contributed by atoms with Crippen molar-refractivity contribution in [2.24, 2.45) is 30.7 Å². The molecule has 2 aromatic carbocycles. The molecule has 1 aliphatic heterocycles. The lowest BCUT2D eigenvalue weighted by Crippen LogP contribution is -2.60. The third kappa shape index (κ3) is 23.0. The van der Waals surface area contributed by atoms with Crippen LogP contribution in [0.1, 0.15) is 149 Å². The van der Waals surface area contributed by atoms with Gasteiger partial charge in [0.2, 0.25) is 29.5 Å². The molecule has 94 heavy (non-hydrogen) atoms. The number of nitro groups is 1. The molecule has 27 heteroatoms. The Hall–Kier alpha value is -7.20. The predicted octanol–water partition coefficient (Wildman–Crippen LogP) is 7.53. The van der Waals surface area contributed by atoms with Crippen molar-refractivity contribution in [1.82, 2.24) is 40.2 Å². The van der Waals surface area contributed by atoms with Crippen LogP contribution in [0, 0.1) is 33.8 Å². The molecule has 6 amide bonds. The summed E-state index contributed by atoms with van der Waals surface area (Å²) in [6, 6.07) is 9.94. The minimum absolute atomic E-state index is 0.0309. The van der Waals surface area contributed by atoms with E-state index in [1.807, 2.05) is 32.0 Å². The number of nitrogens with one attached hydrogen (secondary N) is 4. The second-order valence-corrected chi connectivity index (χ2v) is 26.1. The summed E-state index contributed by atoms with van der Waals surface area (Å²) < 4.78 is 29.9. The fraction of sp³-hybridized carbons (Fsp3) is 0.657. The summed E-state index contributed by atoms with van der Waals surface area (Å²) in [7, 11) is 8.86. The van der Waals surface area contributed by atoms with Gasteiger partial charge in [-0.3, -0.25) is 38.5 Å². The maximum absolute atomic E-state index is 14.9. The van der Waals surface area contributed by atoms with Crippen molar-refractivity contribution in [1.29, 1.82) is 0 Å². The second kappa shape index (κ2) is 39.6. The summed E-state index contributed by atoms with van der Waals surface area (Å²) in [5.74, 6) is -4.32. The third-order valence-electron chi connectivity index (χ3n) is 17.6. The van der Waals surface area contributed by atoms with Gasteiger partial charge in [-0.15, -0.1) is 0 Å². The zero-order valence-corrected chi connectivity index (χ0v) is 58.5. The van der Waals surface area contributed by atoms with Gasteiger partial charge < -0.3 is 70.0 Å². The number of amides is 6. The number of carbonyl (C=O) groups is 8. The van der Waals surface area contributed by atoms with E-state index in [-0.39, 0.29) is 73.5 Å². The number of benzene rings is 2. The molecule has 0 saturated carbocycles. The molecule has 0 bridgehead atoms. The first-order valence-electron chi connectivity index (χ1n) is 32.5. The average Bonchev–Trinajstić information content (AvgIpc) is 1.43. The summed E-state index contributed by atoms with van der Waals surface area (Å²) in [5.41, 5.74) is 1.71. The summed E-state index contributed by atoms with van der Waals surface area (Å²) in [5, 5.41) is 33.9. The van der Waals surface area contributed by atoms with E-state index >= 15 is 0 Å². The van der Waals surface area contributed by atoms with Crippen LogP contribution in [-0.4, -0.2) is 191 Å². The van der Waals surface area contributed by atoms with Crippen molar-refractivity contribution in [2.75, 3.05) is 66.6 Å². The van der Waals surface area contributed by atoms with Gasteiger partial charge in [-0.1, -0.05) is 116 Å². The first-order valence-corrected chi connectivity index (χ1v) is 33.8. The number of ketones is 1. The number of carbonyl (C=O) groups excluding carboxylic acids is 8. The van der Waals surface area contributed by atoms with Crippen molar-refractivity contribution >= 4 is 70.8 Å². The first kappa shape index (κ1) is 79.2. The van der Waals surface area contributed by atoms with Gasteiger partial charge in [0.05, 0.1) is 86.8 Å². The topological polar surface area (TPSA) is 322 Å². The van der Waals surface area contributed by atoms with Crippen LogP contribution < -0.4 is 26.0 Å². The van der Waals surface area contributed by atoms with Gasteiger partial charge >= 0.3 is 18.0 Å². The highest BCUT2D eigenvalue weighted by atomic mass is 32.2. The Morgan fingerprint density at radius 1 is 0.851 bits per heavy atom. The number of unbranched alkanes of at least 4 members (excludes halogenated alkanes) is 4. The number of nitrogens with zero attached hydrogens (tertiary/aromatic N) is 6. The number of aliphatic hydroxyl groups is 1. The lowest BCUT2D eigenvalue weighted by Gasteiger charge is -2.41. The zero-order chi connectivity index (χ0) is 69.9. The zero-order valence-electron chi connectivity index (χ0n) is 57.7. The summed E-state index contributed by atoms with van der Waals surface area (Å²) in [6.07, 6.45) is 6.18. The molecule has 0 radical (unpaired) electrons. The third-order valence-corrected chi connectivity index (χ3v) is 18.6. The van der Waals surface area contributed by atoms with Crippen molar-refractivity contribution in [2.45, 2.75) is 193 Å². The van der Waals surface area contributed by atoms with E-state index < -0.39 is 106 Å². The number of anilines is 1. The number of ether oxygens (including phenoxy) is 5. The number of aromatic nitrogens is 2. The maximum atomic E-state index is 14.9. The van der Waals surface area contributed by atoms with Gasteiger partial charge in [-0.05, 0) is 91.3 Å². The van der Waals surface area contributed by atoms with E-state index in [4.69, 9.17) is 23.7 Å². The smallest absolute Gasteiger partial charge is 0.434 e. The van der Waals surface area contributed by atoms with E-state index in [0.717, 1.165) is 25.7 Å². The molecule has 0 spiro atoms. The first-order chi connectivity index (χ1) is 44.6. The molecule has 0 aliphatic carbocycles.